The van der Waals surface area contributed by atoms with Gasteiger partial charge in [0.15, 0.2) is 0 Å². The van der Waals surface area contributed by atoms with Crippen LogP contribution < -0.4 is 4.74 Å². The van der Waals surface area contributed by atoms with E-state index in [0.29, 0.717) is 0 Å². The number of rotatable bonds is 1. The van der Waals surface area contributed by atoms with E-state index in [4.69, 9.17) is 4.74 Å². The van der Waals surface area contributed by atoms with Crippen molar-refractivity contribution in [2.45, 2.75) is 12.5 Å². The van der Waals surface area contributed by atoms with Gasteiger partial charge in [-0.3, -0.25) is 0 Å². The number of methoxy groups -OCH3 is 1. The van der Waals surface area contributed by atoms with Gasteiger partial charge in [0.25, 0.3) is 0 Å². The highest BCUT2D eigenvalue weighted by atomic mass is 16.5. The molecule has 1 aliphatic rings. The van der Waals surface area contributed by atoms with E-state index in [1.165, 1.54) is 0 Å². The zero-order valence-electron chi connectivity index (χ0n) is 11.1. The van der Waals surface area contributed by atoms with Gasteiger partial charge in [0.2, 0.25) is 0 Å². The third-order valence-electron chi connectivity index (χ3n) is 3.71. The summed E-state index contributed by atoms with van der Waals surface area (Å²) in [6.07, 6.45) is 4.08. The second kappa shape index (κ2) is 4.25. The van der Waals surface area contributed by atoms with Gasteiger partial charge in [0.05, 0.1) is 7.11 Å². The standard InChI is InChI=1S/C17H16O2/c1-17(18)15-6-4-3-5-12(15)7-8-13-9-10-14(19-2)11-16(13)17/h3-11,18H,1-2H3/t17-/m1/s1. The lowest BCUT2D eigenvalue weighted by molar-refractivity contribution is 0.102. The fourth-order valence-electron chi connectivity index (χ4n) is 2.64. The molecule has 3 rings (SSSR count). The molecule has 0 radical (unpaired) electrons. The molecule has 0 fully saturated rings. The number of hydrogen-bond acceptors (Lipinski definition) is 2. The second-order valence-electron chi connectivity index (χ2n) is 4.95. The molecule has 0 aliphatic heterocycles. The quantitative estimate of drug-likeness (QED) is 0.842. The molecule has 0 bridgehead atoms. The van der Waals surface area contributed by atoms with Crippen molar-refractivity contribution >= 4 is 12.2 Å². The number of ether oxygens (including phenoxy) is 1. The topological polar surface area (TPSA) is 29.5 Å². The van der Waals surface area contributed by atoms with E-state index < -0.39 is 5.60 Å². The van der Waals surface area contributed by atoms with E-state index in [2.05, 4.69) is 0 Å². The smallest absolute Gasteiger partial charge is 0.119 e. The summed E-state index contributed by atoms with van der Waals surface area (Å²) < 4.78 is 5.27. The van der Waals surface area contributed by atoms with Crippen LogP contribution in [0.1, 0.15) is 29.2 Å². The minimum Gasteiger partial charge on any atom is -0.497 e. The van der Waals surface area contributed by atoms with Gasteiger partial charge in [-0.05, 0) is 41.3 Å². The number of aliphatic hydroxyl groups is 1. The third-order valence-corrected chi connectivity index (χ3v) is 3.71. The summed E-state index contributed by atoms with van der Waals surface area (Å²) in [7, 11) is 1.64. The van der Waals surface area contributed by atoms with Gasteiger partial charge in [-0.1, -0.05) is 42.5 Å². The summed E-state index contributed by atoms with van der Waals surface area (Å²) in [5.41, 5.74) is 2.82. The zero-order chi connectivity index (χ0) is 13.5. The molecule has 0 amide bonds. The molecule has 2 aromatic rings. The molecule has 2 nitrogen and oxygen atoms in total. The lowest BCUT2D eigenvalue weighted by atomic mass is 9.85. The first-order chi connectivity index (χ1) is 9.13. The summed E-state index contributed by atoms with van der Waals surface area (Å²) in [5, 5.41) is 11.0. The molecule has 2 heteroatoms. The Kier molecular flexibility index (Phi) is 2.68. The van der Waals surface area contributed by atoms with Crippen LogP contribution in [0.4, 0.5) is 0 Å². The summed E-state index contributed by atoms with van der Waals surface area (Å²) >= 11 is 0. The lowest BCUT2D eigenvalue weighted by Gasteiger charge is -2.26. The maximum Gasteiger partial charge on any atom is 0.119 e. The molecular formula is C17H16O2. The van der Waals surface area contributed by atoms with Crippen molar-refractivity contribution in [2.75, 3.05) is 7.11 Å². The highest BCUT2D eigenvalue weighted by molar-refractivity contribution is 5.77. The van der Waals surface area contributed by atoms with Gasteiger partial charge in [0, 0.05) is 0 Å². The third kappa shape index (κ3) is 1.85. The summed E-state index contributed by atoms with van der Waals surface area (Å²) in [4.78, 5) is 0. The van der Waals surface area contributed by atoms with Crippen molar-refractivity contribution in [3.05, 3.63) is 64.7 Å². The minimum atomic E-state index is -1.02. The molecule has 0 spiro atoms. The van der Waals surface area contributed by atoms with Gasteiger partial charge in [-0.2, -0.15) is 0 Å². The minimum absolute atomic E-state index is 0.756. The Morgan fingerprint density at radius 3 is 2.37 bits per heavy atom. The first-order valence-electron chi connectivity index (χ1n) is 6.31. The molecule has 19 heavy (non-hydrogen) atoms. The molecule has 1 aliphatic carbocycles. The van der Waals surface area contributed by atoms with Crippen LogP contribution in [0.25, 0.3) is 12.2 Å². The summed E-state index contributed by atoms with van der Waals surface area (Å²) in [5.74, 6) is 0.756. The fraction of sp³-hybridized carbons (Fsp3) is 0.176. The number of fused-ring (bicyclic) bond motifs is 2. The molecule has 1 N–H and O–H groups in total. The predicted octanol–water partition coefficient (Wildman–Crippen LogP) is 3.43. The molecule has 0 saturated heterocycles. The van der Waals surface area contributed by atoms with Crippen LogP contribution in [-0.4, -0.2) is 12.2 Å². The normalized spacial score (nSPS) is 20.4. The lowest BCUT2D eigenvalue weighted by Crippen LogP contribution is -2.24. The first kappa shape index (κ1) is 12.0. The van der Waals surface area contributed by atoms with Crippen molar-refractivity contribution in [2.24, 2.45) is 0 Å². The molecule has 0 aromatic heterocycles. The monoisotopic (exact) mass is 252 g/mol. The number of benzene rings is 2. The summed E-state index contributed by atoms with van der Waals surface area (Å²) in [6, 6.07) is 13.7. The Bertz CT molecular complexity index is 654. The molecule has 96 valence electrons. The van der Waals surface area contributed by atoms with E-state index in [9.17, 15) is 5.11 Å². The van der Waals surface area contributed by atoms with E-state index in [1.807, 2.05) is 61.5 Å². The van der Waals surface area contributed by atoms with Crippen molar-refractivity contribution < 1.29 is 9.84 Å². The van der Waals surface area contributed by atoms with Gasteiger partial charge in [-0.15, -0.1) is 0 Å². The van der Waals surface area contributed by atoms with Crippen molar-refractivity contribution in [1.29, 1.82) is 0 Å². The average Bonchev–Trinajstić information content (AvgIpc) is 2.55. The molecule has 0 unspecified atom stereocenters. The van der Waals surface area contributed by atoms with Crippen molar-refractivity contribution in [1.82, 2.24) is 0 Å². The van der Waals surface area contributed by atoms with Gasteiger partial charge >= 0.3 is 0 Å². The van der Waals surface area contributed by atoms with E-state index in [0.717, 1.165) is 28.0 Å². The Morgan fingerprint density at radius 2 is 1.63 bits per heavy atom. The van der Waals surface area contributed by atoms with Crippen LogP contribution in [0, 0.1) is 0 Å². The Morgan fingerprint density at radius 1 is 0.947 bits per heavy atom. The van der Waals surface area contributed by atoms with Gasteiger partial charge in [-0.25, -0.2) is 0 Å². The maximum atomic E-state index is 11.0. The zero-order valence-corrected chi connectivity index (χ0v) is 11.1. The second-order valence-corrected chi connectivity index (χ2v) is 4.95. The molecular weight excluding hydrogens is 236 g/mol. The van der Waals surface area contributed by atoms with Crippen LogP contribution in [0.2, 0.25) is 0 Å². The molecule has 1 atom stereocenters. The van der Waals surface area contributed by atoms with Crippen molar-refractivity contribution in [3.8, 4) is 5.75 Å². The average molecular weight is 252 g/mol. The highest BCUT2D eigenvalue weighted by Crippen LogP contribution is 2.38. The van der Waals surface area contributed by atoms with Crippen LogP contribution >= 0.6 is 0 Å². The van der Waals surface area contributed by atoms with Crippen LogP contribution in [0.15, 0.2) is 42.5 Å². The van der Waals surface area contributed by atoms with Crippen LogP contribution in [-0.2, 0) is 5.60 Å². The van der Waals surface area contributed by atoms with Gasteiger partial charge < -0.3 is 9.84 Å². The first-order valence-corrected chi connectivity index (χ1v) is 6.31. The largest absolute Gasteiger partial charge is 0.497 e. The van der Waals surface area contributed by atoms with E-state index in [-0.39, 0.29) is 0 Å². The summed E-state index contributed by atoms with van der Waals surface area (Å²) in [6.45, 7) is 1.83. The van der Waals surface area contributed by atoms with Crippen LogP contribution in [0.5, 0.6) is 5.75 Å². The van der Waals surface area contributed by atoms with Gasteiger partial charge in [0.1, 0.15) is 11.4 Å². The number of hydrogen-bond donors (Lipinski definition) is 1. The molecule has 0 heterocycles. The Hall–Kier alpha value is -2.06. The van der Waals surface area contributed by atoms with E-state index in [1.54, 1.807) is 7.11 Å². The predicted molar refractivity (Wildman–Crippen MR) is 77.0 cm³/mol. The molecule has 0 saturated carbocycles. The highest BCUT2D eigenvalue weighted by Gasteiger charge is 2.31. The maximum absolute atomic E-state index is 11.0. The Balaban J connectivity index is 2.29. The molecule has 2 aromatic carbocycles. The van der Waals surface area contributed by atoms with Crippen molar-refractivity contribution in [3.63, 3.8) is 0 Å². The SMILES string of the molecule is COc1ccc2c(c1)[C@](C)(O)c1ccccc1C=C2. The Labute approximate surface area is 113 Å². The van der Waals surface area contributed by atoms with E-state index >= 15 is 0 Å². The van der Waals surface area contributed by atoms with Crippen LogP contribution in [0.3, 0.4) is 0 Å². The fourth-order valence-corrected chi connectivity index (χ4v) is 2.64.